The van der Waals surface area contributed by atoms with E-state index in [9.17, 15) is 14.4 Å². The van der Waals surface area contributed by atoms with Gasteiger partial charge in [-0.3, -0.25) is 14.4 Å². The molecule has 1 fully saturated rings. The largest absolute Gasteiger partial charge is 0.492 e. The summed E-state index contributed by atoms with van der Waals surface area (Å²) in [6.07, 6.45) is 2.22. The zero-order valence-corrected chi connectivity index (χ0v) is 19.0. The summed E-state index contributed by atoms with van der Waals surface area (Å²) in [7, 11) is 5.48. The molecule has 0 aromatic heterocycles. The fraction of sp³-hybridized carbons (Fsp3) is 0.550. The van der Waals surface area contributed by atoms with Gasteiger partial charge in [-0.1, -0.05) is 45.5 Å². The number of amides is 1. The quantitative estimate of drug-likeness (QED) is 0.511. The van der Waals surface area contributed by atoms with Gasteiger partial charge in [0.05, 0.1) is 11.8 Å². The molecule has 0 radical (unpaired) electrons. The third kappa shape index (κ3) is 8.09. The predicted octanol–water partition coefficient (Wildman–Crippen LogP) is 3.85. The molecule has 1 aliphatic heterocycles. The molecule has 0 aliphatic carbocycles. The molecule has 0 spiro atoms. The molecule has 2 atom stereocenters. The van der Waals surface area contributed by atoms with Gasteiger partial charge >= 0.3 is 0 Å². The van der Waals surface area contributed by atoms with Gasteiger partial charge in [0.15, 0.2) is 5.12 Å². The summed E-state index contributed by atoms with van der Waals surface area (Å²) in [5.74, 6) is 2.03. The molecular weight excluding hydrogens is 414 g/mol. The smallest absolute Gasteiger partial charge is 0.223 e. The lowest BCUT2D eigenvalue weighted by molar-refractivity contribution is -0.130. The first-order valence-corrected chi connectivity index (χ1v) is 12.5. The van der Waals surface area contributed by atoms with E-state index in [1.807, 2.05) is 52.9 Å². The molecule has 0 N–H and O–H groups in total. The average molecular weight is 442 g/mol. The Morgan fingerprint density at radius 2 is 1.96 bits per heavy atom. The normalized spacial score (nSPS) is 17.2. The molecule has 1 aromatic carbocycles. The van der Waals surface area contributed by atoms with Crippen molar-refractivity contribution in [1.82, 2.24) is 4.90 Å². The van der Waals surface area contributed by atoms with Gasteiger partial charge < -0.3 is 9.64 Å². The topological polar surface area (TPSA) is 63.7 Å². The van der Waals surface area contributed by atoms with Gasteiger partial charge in [0.25, 0.3) is 0 Å². The molecule has 1 heterocycles. The third-order valence-electron chi connectivity index (χ3n) is 4.36. The number of benzene rings is 1. The van der Waals surface area contributed by atoms with Crippen molar-refractivity contribution in [1.29, 1.82) is 0 Å². The molecule has 1 aliphatic rings. The summed E-state index contributed by atoms with van der Waals surface area (Å²) in [5, 5.41) is 0.0397. The number of hydrogen-bond donors (Lipinski definition) is 0. The monoisotopic (exact) mass is 441 g/mol. The van der Waals surface area contributed by atoms with Crippen molar-refractivity contribution in [2.45, 2.75) is 43.6 Å². The van der Waals surface area contributed by atoms with E-state index >= 15 is 0 Å². The van der Waals surface area contributed by atoms with Gasteiger partial charge in [-0.15, -0.1) is 0 Å². The van der Waals surface area contributed by atoms with Crippen molar-refractivity contribution < 1.29 is 19.1 Å². The summed E-state index contributed by atoms with van der Waals surface area (Å²) in [5.41, 5.74) is 0.987. The highest BCUT2D eigenvalue weighted by Gasteiger charge is 2.21. The van der Waals surface area contributed by atoms with Crippen molar-refractivity contribution >= 4 is 50.2 Å². The predicted molar refractivity (Wildman–Crippen MR) is 119 cm³/mol. The first-order valence-electron chi connectivity index (χ1n) is 9.26. The summed E-state index contributed by atoms with van der Waals surface area (Å²) >= 11 is 1.08. The number of hydrogen-bond acceptors (Lipinski definition) is 7. The molecule has 0 saturated carbocycles. The van der Waals surface area contributed by atoms with Crippen LogP contribution in [0.4, 0.5) is 0 Å². The number of carbonyl (C=O) groups excluding carboxylic acids is 3. The van der Waals surface area contributed by atoms with E-state index in [2.05, 4.69) is 0 Å². The first-order chi connectivity index (χ1) is 13.3. The van der Waals surface area contributed by atoms with Crippen LogP contribution in [-0.2, 0) is 20.8 Å². The molecular formula is C20H27NO4S3. The lowest BCUT2D eigenvalue weighted by Gasteiger charge is -2.19. The molecule has 1 aromatic rings. The van der Waals surface area contributed by atoms with E-state index in [1.165, 1.54) is 13.8 Å². The minimum absolute atomic E-state index is 0.00262. The molecule has 1 amide bonds. The molecule has 2 unspecified atom stereocenters. The van der Waals surface area contributed by atoms with Gasteiger partial charge in [0.2, 0.25) is 5.91 Å². The van der Waals surface area contributed by atoms with Crippen LogP contribution in [0.5, 0.6) is 5.75 Å². The second-order valence-electron chi connectivity index (χ2n) is 6.75. The van der Waals surface area contributed by atoms with Gasteiger partial charge in [0, 0.05) is 31.4 Å². The van der Waals surface area contributed by atoms with Crippen molar-refractivity contribution in [3.63, 3.8) is 0 Å². The maximum Gasteiger partial charge on any atom is 0.223 e. The van der Waals surface area contributed by atoms with E-state index in [0.29, 0.717) is 31.2 Å². The van der Waals surface area contributed by atoms with Crippen LogP contribution < -0.4 is 4.74 Å². The van der Waals surface area contributed by atoms with Gasteiger partial charge in [-0.05, 0) is 37.5 Å². The Balaban J connectivity index is 1.75. The average Bonchev–Trinajstić information content (AvgIpc) is 3.15. The van der Waals surface area contributed by atoms with Crippen LogP contribution in [0, 0.1) is 0 Å². The zero-order chi connectivity index (χ0) is 20.5. The fourth-order valence-electron chi connectivity index (χ4n) is 2.69. The van der Waals surface area contributed by atoms with Crippen LogP contribution in [0.3, 0.4) is 0 Å². The van der Waals surface area contributed by atoms with Crippen LogP contribution >= 0.6 is 33.3 Å². The maximum atomic E-state index is 12.2. The molecule has 1 saturated heterocycles. The second kappa shape index (κ2) is 11.8. The Labute approximate surface area is 179 Å². The summed E-state index contributed by atoms with van der Waals surface area (Å²) < 4.78 is 5.74. The molecule has 5 nitrogen and oxygen atoms in total. The van der Waals surface area contributed by atoms with Crippen molar-refractivity contribution in [3.05, 3.63) is 29.8 Å². The number of nitrogens with zero attached hydrogens (tertiary/aromatic N) is 1. The molecule has 154 valence electrons. The van der Waals surface area contributed by atoms with Crippen molar-refractivity contribution in [3.8, 4) is 5.75 Å². The van der Waals surface area contributed by atoms with Crippen LogP contribution in [0.2, 0.25) is 0 Å². The number of ketones is 1. The Bertz CT molecular complexity index is 675. The van der Waals surface area contributed by atoms with E-state index < -0.39 is 0 Å². The Hall–Kier alpha value is -1.12. The minimum Gasteiger partial charge on any atom is -0.492 e. The fourth-order valence-corrected chi connectivity index (χ4v) is 6.42. The van der Waals surface area contributed by atoms with Crippen LogP contribution in [-0.4, -0.2) is 58.2 Å². The molecule has 8 heteroatoms. The number of carbonyl (C=O) groups is 3. The minimum atomic E-state index is -0.347. The van der Waals surface area contributed by atoms with E-state index in [4.69, 9.17) is 4.74 Å². The van der Waals surface area contributed by atoms with E-state index in [1.54, 1.807) is 4.90 Å². The van der Waals surface area contributed by atoms with Gasteiger partial charge in [-0.2, -0.15) is 0 Å². The van der Waals surface area contributed by atoms with Crippen LogP contribution in [0.25, 0.3) is 0 Å². The van der Waals surface area contributed by atoms with Crippen LogP contribution in [0.1, 0.15) is 32.3 Å². The molecule has 2 rings (SSSR count). The summed E-state index contributed by atoms with van der Waals surface area (Å²) in [6, 6.07) is 7.55. The Morgan fingerprint density at radius 3 is 2.54 bits per heavy atom. The Morgan fingerprint density at radius 1 is 1.25 bits per heavy atom. The highest BCUT2D eigenvalue weighted by molar-refractivity contribution is 8.77. The van der Waals surface area contributed by atoms with E-state index in [-0.39, 0.29) is 22.1 Å². The highest BCUT2D eigenvalue weighted by Crippen LogP contribution is 2.39. The van der Waals surface area contributed by atoms with Crippen LogP contribution in [0.15, 0.2) is 24.3 Å². The van der Waals surface area contributed by atoms with Gasteiger partial charge in [0.1, 0.15) is 18.1 Å². The SMILES string of the molecule is CC(=O)SC(Cc1ccc(OCCN(C)C(=O)CC2CCSS2)cc1)C(C)=O. The van der Waals surface area contributed by atoms with Crippen molar-refractivity contribution in [2.24, 2.45) is 0 Å². The number of ether oxygens (including phenoxy) is 1. The second-order valence-corrected chi connectivity index (χ2v) is 10.9. The standard InChI is InChI=1S/C20H27NO4S3/c1-14(22)19(27-15(2)23)12-16-4-6-17(7-5-16)25-10-9-21(3)20(24)13-18-8-11-26-28-18/h4-7,18-19H,8-13H2,1-3H3. The molecule has 0 bridgehead atoms. The summed E-state index contributed by atoms with van der Waals surface area (Å²) in [4.78, 5) is 36.9. The maximum absolute atomic E-state index is 12.2. The lowest BCUT2D eigenvalue weighted by atomic mass is 10.1. The van der Waals surface area contributed by atoms with Crippen molar-refractivity contribution in [2.75, 3.05) is 26.0 Å². The number of Topliss-reactive ketones (excluding diaryl/α,β-unsaturated/α-hetero) is 1. The first kappa shape index (κ1) is 23.2. The summed E-state index contributed by atoms with van der Waals surface area (Å²) in [6.45, 7) is 3.97. The Kier molecular flexibility index (Phi) is 9.74. The number of thioether (sulfide) groups is 1. The lowest BCUT2D eigenvalue weighted by Crippen LogP contribution is -2.32. The molecule has 28 heavy (non-hydrogen) atoms. The third-order valence-corrected chi connectivity index (χ3v) is 8.41. The zero-order valence-electron chi connectivity index (χ0n) is 16.5. The number of rotatable bonds is 10. The highest BCUT2D eigenvalue weighted by atomic mass is 33.1. The van der Waals surface area contributed by atoms with E-state index in [0.717, 1.165) is 35.2 Å². The number of likely N-dealkylation sites (N-methyl/N-ethyl adjacent to an activating group) is 1. The van der Waals surface area contributed by atoms with Gasteiger partial charge in [-0.25, -0.2) is 0 Å².